The summed E-state index contributed by atoms with van der Waals surface area (Å²) in [6, 6.07) is 27.8. The molecule has 4 aromatic rings. The van der Waals surface area contributed by atoms with E-state index in [9.17, 15) is 9.59 Å². The molecule has 0 radical (unpaired) electrons. The Hall–Kier alpha value is -4.58. The predicted molar refractivity (Wildman–Crippen MR) is 161 cm³/mol. The summed E-state index contributed by atoms with van der Waals surface area (Å²) in [5, 5.41) is 2.20. The summed E-state index contributed by atoms with van der Waals surface area (Å²) in [6.07, 6.45) is 1.16. The van der Waals surface area contributed by atoms with Gasteiger partial charge in [0.2, 0.25) is 0 Å². The number of esters is 1. The van der Waals surface area contributed by atoms with Crippen molar-refractivity contribution in [1.82, 2.24) is 4.90 Å². The molecule has 0 aromatic heterocycles. The summed E-state index contributed by atoms with van der Waals surface area (Å²) < 4.78 is 17.3. The van der Waals surface area contributed by atoms with E-state index in [0.29, 0.717) is 17.9 Å². The minimum absolute atomic E-state index is 0.270. The summed E-state index contributed by atoms with van der Waals surface area (Å²) in [5.74, 6) is 0.331. The van der Waals surface area contributed by atoms with Crippen molar-refractivity contribution < 1.29 is 23.8 Å². The van der Waals surface area contributed by atoms with E-state index in [1.54, 1.807) is 4.90 Å². The monoisotopic (exact) mass is 549 g/mol. The Labute approximate surface area is 241 Å². The van der Waals surface area contributed by atoms with Crippen molar-refractivity contribution >= 4 is 28.4 Å². The maximum atomic E-state index is 13.5. The van der Waals surface area contributed by atoms with Gasteiger partial charge in [0.1, 0.15) is 17.5 Å². The normalized spacial score (nSPS) is 14.5. The first-order valence-corrected chi connectivity index (χ1v) is 13.7. The summed E-state index contributed by atoms with van der Waals surface area (Å²) in [7, 11) is 1.38. The fourth-order valence-electron chi connectivity index (χ4n) is 5.11. The number of hydrogen-bond acceptors (Lipinski definition) is 5. The molecule has 0 saturated heterocycles. The minimum Gasteiger partial charge on any atom is -0.484 e. The first-order chi connectivity index (χ1) is 19.6. The molecule has 1 amide bonds. The maximum absolute atomic E-state index is 13.5. The van der Waals surface area contributed by atoms with Crippen molar-refractivity contribution in [3.8, 4) is 5.75 Å². The predicted octanol–water partition coefficient (Wildman–Crippen LogP) is 7.56. The van der Waals surface area contributed by atoms with E-state index in [1.165, 1.54) is 7.11 Å². The summed E-state index contributed by atoms with van der Waals surface area (Å²) in [6.45, 7) is 8.11. The van der Waals surface area contributed by atoms with Gasteiger partial charge in [-0.3, -0.25) is 4.90 Å². The number of aryl methyl sites for hydroxylation is 1. The Kier molecular flexibility index (Phi) is 7.84. The molecule has 0 saturated carbocycles. The molecule has 4 aromatic carbocycles. The van der Waals surface area contributed by atoms with Crippen LogP contribution in [0, 0.1) is 6.92 Å². The number of methoxy groups -OCH3 is 1. The van der Waals surface area contributed by atoms with Gasteiger partial charge in [-0.1, -0.05) is 72.8 Å². The molecular formula is C35H35NO5. The SMILES string of the molecule is COC(=O)c1cc(C2=CC(CN(Cc3cccc4ccccc34)C(=O)OC(C)(C)C)Oc3ccccc32)ccc1C. The Morgan fingerprint density at radius 3 is 2.44 bits per heavy atom. The first kappa shape index (κ1) is 28.0. The quantitative estimate of drug-likeness (QED) is 0.232. The zero-order chi connectivity index (χ0) is 29.1. The summed E-state index contributed by atoms with van der Waals surface area (Å²) in [4.78, 5) is 27.7. The molecule has 0 N–H and O–H groups in total. The van der Waals surface area contributed by atoms with Gasteiger partial charge in [0.05, 0.1) is 19.2 Å². The van der Waals surface area contributed by atoms with Crippen LogP contribution < -0.4 is 4.74 Å². The highest BCUT2D eigenvalue weighted by Crippen LogP contribution is 2.37. The van der Waals surface area contributed by atoms with Crippen molar-refractivity contribution in [1.29, 1.82) is 0 Å². The highest BCUT2D eigenvalue weighted by atomic mass is 16.6. The van der Waals surface area contributed by atoms with Crippen LogP contribution in [0.5, 0.6) is 5.75 Å². The highest BCUT2D eigenvalue weighted by Gasteiger charge is 2.29. The number of fused-ring (bicyclic) bond motifs is 2. The Morgan fingerprint density at radius 1 is 0.927 bits per heavy atom. The highest BCUT2D eigenvalue weighted by molar-refractivity contribution is 5.94. The lowest BCUT2D eigenvalue weighted by Gasteiger charge is -2.32. The van der Waals surface area contributed by atoms with Crippen LogP contribution in [0.3, 0.4) is 0 Å². The molecule has 1 aliphatic rings. The van der Waals surface area contributed by atoms with E-state index < -0.39 is 17.8 Å². The number of carbonyl (C=O) groups excluding carboxylic acids is 2. The van der Waals surface area contributed by atoms with Crippen LogP contribution in [0.1, 0.15) is 53.4 Å². The van der Waals surface area contributed by atoms with Gasteiger partial charge in [-0.15, -0.1) is 0 Å². The zero-order valence-electron chi connectivity index (χ0n) is 24.1. The van der Waals surface area contributed by atoms with E-state index in [2.05, 4.69) is 18.2 Å². The van der Waals surface area contributed by atoms with E-state index in [1.807, 2.05) is 101 Å². The van der Waals surface area contributed by atoms with Gasteiger partial charge < -0.3 is 14.2 Å². The van der Waals surface area contributed by atoms with Crippen molar-refractivity contribution in [2.24, 2.45) is 0 Å². The van der Waals surface area contributed by atoms with Gasteiger partial charge in [0, 0.05) is 12.1 Å². The number of hydrogen-bond donors (Lipinski definition) is 0. The van der Waals surface area contributed by atoms with Crippen LogP contribution in [0.2, 0.25) is 0 Å². The van der Waals surface area contributed by atoms with E-state index >= 15 is 0 Å². The van der Waals surface area contributed by atoms with Gasteiger partial charge in [-0.2, -0.15) is 0 Å². The second-order valence-electron chi connectivity index (χ2n) is 11.3. The molecule has 1 unspecified atom stereocenters. The number of para-hydroxylation sites is 1. The molecular weight excluding hydrogens is 514 g/mol. The second kappa shape index (κ2) is 11.5. The molecule has 1 aliphatic heterocycles. The Bertz CT molecular complexity index is 1630. The standard InChI is InChI=1S/C35H35NO5/c1-23-17-18-25(19-30(23)33(37)39-5)31-20-27(40-32-16-9-8-15-29(31)32)22-36(34(38)41-35(2,3)4)21-26-13-10-12-24-11-6-7-14-28(24)26/h6-20,27H,21-22H2,1-5H3. The smallest absolute Gasteiger partial charge is 0.410 e. The number of rotatable bonds is 6. The zero-order valence-corrected chi connectivity index (χ0v) is 24.1. The van der Waals surface area contributed by atoms with Crippen LogP contribution in [0.4, 0.5) is 4.79 Å². The molecule has 41 heavy (non-hydrogen) atoms. The van der Waals surface area contributed by atoms with E-state index in [0.717, 1.165) is 38.6 Å². The lowest BCUT2D eigenvalue weighted by atomic mass is 9.91. The number of amides is 1. The van der Waals surface area contributed by atoms with Crippen molar-refractivity contribution in [3.05, 3.63) is 119 Å². The molecule has 0 aliphatic carbocycles. The fourth-order valence-corrected chi connectivity index (χ4v) is 5.11. The molecule has 0 spiro atoms. The third-order valence-corrected chi connectivity index (χ3v) is 7.06. The van der Waals surface area contributed by atoms with E-state index in [4.69, 9.17) is 14.2 Å². The fraction of sp³-hybridized carbons (Fsp3) is 0.257. The van der Waals surface area contributed by atoms with Gasteiger partial charge in [-0.25, -0.2) is 9.59 Å². The molecule has 0 bridgehead atoms. The maximum Gasteiger partial charge on any atom is 0.410 e. The first-order valence-electron chi connectivity index (χ1n) is 13.7. The van der Waals surface area contributed by atoms with Crippen molar-refractivity contribution in [3.63, 3.8) is 0 Å². The molecule has 6 heteroatoms. The number of carbonyl (C=O) groups is 2. The molecule has 1 heterocycles. The lowest BCUT2D eigenvalue weighted by Crippen LogP contribution is -2.42. The number of ether oxygens (including phenoxy) is 3. The summed E-state index contributed by atoms with van der Waals surface area (Å²) >= 11 is 0. The molecule has 5 rings (SSSR count). The van der Waals surface area contributed by atoms with Crippen LogP contribution in [0.25, 0.3) is 16.3 Å². The molecule has 6 nitrogen and oxygen atoms in total. The largest absolute Gasteiger partial charge is 0.484 e. The number of nitrogens with zero attached hydrogens (tertiary/aromatic N) is 1. The summed E-state index contributed by atoms with van der Waals surface area (Å²) in [5.41, 5.74) is 4.44. The van der Waals surface area contributed by atoms with Crippen LogP contribution in [-0.2, 0) is 16.0 Å². The second-order valence-corrected chi connectivity index (χ2v) is 11.3. The lowest BCUT2D eigenvalue weighted by molar-refractivity contribution is 0.0177. The average molecular weight is 550 g/mol. The van der Waals surface area contributed by atoms with Crippen molar-refractivity contribution in [2.45, 2.75) is 45.9 Å². The van der Waals surface area contributed by atoms with Crippen LogP contribution in [-0.4, -0.2) is 42.3 Å². The van der Waals surface area contributed by atoms with Gasteiger partial charge >= 0.3 is 12.1 Å². The minimum atomic E-state index is -0.651. The van der Waals surface area contributed by atoms with Crippen LogP contribution in [0.15, 0.2) is 91.0 Å². The molecule has 210 valence electrons. The Balaban J connectivity index is 1.53. The van der Waals surface area contributed by atoms with Gasteiger partial charge in [0.25, 0.3) is 0 Å². The van der Waals surface area contributed by atoms with Crippen molar-refractivity contribution in [2.75, 3.05) is 13.7 Å². The van der Waals surface area contributed by atoms with Gasteiger partial charge in [0.15, 0.2) is 0 Å². The van der Waals surface area contributed by atoms with E-state index in [-0.39, 0.29) is 12.5 Å². The molecule has 1 atom stereocenters. The van der Waals surface area contributed by atoms with Crippen LogP contribution >= 0.6 is 0 Å². The third-order valence-electron chi connectivity index (χ3n) is 7.06. The molecule has 0 fully saturated rings. The number of benzene rings is 4. The topological polar surface area (TPSA) is 65.1 Å². The Morgan fingerprint density at radius 2 is 1.66 bits per heavy atom. The average Bonchev–Trinajstić information content (AvgIpc) is 2.95. The third kappa shape index (κ3) is 6.27. The van der Waals surface area contributed by atoms with Gasteiger partial charge in [-0.05, 0) is 78.9 Å².